The highest BCUT2D eigenvalue weighted by atomic mass is 16.5. The van der Waals surface area contributed by atoms with Gasteiger partial charge in [-0.2, -0.15) is 0 Å². The van der Waals surface area contributed by atoms with Crippen LogP contribution in [0.5, 0.6) is 0 Å². The van der Waals surface area contributed by atoms with Crippen molar-refractivity contribution in [3.05, 3.63) is 11.6 Å². The van der Waals surface area contributed by atoms with Gasteiger partial charge in [0.15, 0.2) is 0 Å². The van der Waals surface area contributed by atoms with Crippen LogP contribution in [0, 0.1) is 0 Å². The van der Waals surface area contributed by atoms with Gasteiger partial charge in [-0.1, -0.05) is 0 Å². The molecule has 1 aliphatic heterocycles. The van der Waals surface area contributed by atoms with Gasteiger partial charge in [0.25, 0.3) is 0 Å². The van der Waals surface area contributed by atoms with Crippen molar-refractivity contribution in [1.29, 1.82) is 0 Å². The van der Waals surface area contributed by atoms with E-state index in [2.05, 4.69) is 26.8 Å². The molecule has 1 heterocycles. The third-order valence-corrected chi connectivity index (χ3v) is 4.18. The van der Waals surface area contributed by atoms with Gasteiger partial charge >= 0.3 is 0 Å². The van der Waals surface area contributed by atoms with Crippen molar-refractivity contribution in [2.75, 3.05) is 7.11 Å². The number of hydrogen-bond acceptors (Lipinski definition) is 2. The smallest absolute Gasteiger partial charge is 0.0823 e. The van der Waals surface area contributed by atoms with Crippen molar-refractivity contribution in [2.45, 2.75) is 57.6 Å². The Bertz CT molecular complexity index is 319. The van der Waals surface area contributed by atoms with Crippen LogP contribution in [0.4, 0.5) is 0 Å². The van der Waals surface area contributed by atoms with E-state index in [4.69, 9.17) is 9.73 Å². The number of nitrogens with zero attached hydrogens (tertiary/aromatic N) is 1. The molecule has 1 spiro atoms. The van der Waals surface area contributed by atoms with Crippen molar-refractivity contribution in [3.63, 3.8) is 0 Å². The molecule has 0 bridgehead atoms. The Morgan fingerprint density at radius 1 is 1.20 bits per heavy atom. The van der Waals surface area contributed by atoms with Gasteiger partial charge in [0, 0.05) is 12.8 Å². The van der Waals surface area contributed by atoms with Crippen molar-refractivity contribution >= 4 is 5.71 Å². The van der Waals surface area contributed by atoms with Crippen LogP contribution < -0.4 is 0 Å². The van der Waals surface area contributed by atoms with Gasteiger partial charge in [-0.3, -0.25) is 4.99 Å². The molecule has 0 atom stereocenters. The van der Waals surface area contributed by atoms with E-state index in [-0.39, 0.29) is 11.1 Å². The summed E-state index contributed by atoms with van der Waals surface area (Å²) >= 11 is 0. The lowest BCUT2D eigenvalue weighted by Crippen LogP contribution is -2.41. The van der Waals surface area contributed by atoms with Crippen molar-refractivity contribution in [3.8, 4) is 0 Å². The Kier molecular flexibility index (Phi) is 2.50. The maximum absolute atomic E-state index is 5.58. The number of allylic oxidation sites excluding steroid dienone is 1. The van der Waals surface area contributed by atoms with Crippen molar-refractivity contribution < 1.29 is 4.74 Å². The number of aliphatic imine (C=N–C) groups is 1. The summed E-state index contributed by atoms with van der Waals surface area (Å²) in [5, 5.41) is 0. The van der Waals surface area contributed by atoms with E-state index < -0.39 is 0 Å². The van der Waals surface area contributed by atoms with E-state index in [0.29, 0.717) is 0 Å². The van der Waals surface area contributed by atoms with Gasteiger partial charge in [-0.15, -0.1) is 0 Å². The monoisotopic (exact) mass is 207 g/mol. The molecular weight excluding hydrogens is 186 g/mol. The van der Waals surface area contributed by atoms with E-state index >= 15 is 0 Å². The Morgan fingerprint density at radius 2 is 1.80 bits per heavy atom. The van der Waals surface area contributed by atoms with Crippen LogP contribution >= 0.6 is 0 Å². The minimum Gasteiger partial charge on any atom is -0.379 e. The number of hydrogen-bond donors (Lipinski definition) is 0. The van der Waals surface area contributed by atoms with E-state index in [1.807, 2.05) is 7.11 Å². The Morgan fingerprint density at radius 3 is 2.20 bits per heavy atom. The molecule has 0 aromatic rings. The number of methoxy groups -OCH3 is 1. The third kappa shape index (κ3) is 1.76. The first-order chi connectivity index (χ1) is 7.00. The molecule has 2 nitrogen and oxygen atoms in total. The summed E-state index contributed by atoms with van der Waals surface area (Å²) in [4.78, 5) is 4.83. The molecule has 2 aliphatic rings. The van der Waals surface area contributed by atoms with Crippen LogP contribution in [0.25, 0.3) is 0 Å². The van der Waals surface area contributed by atoms with Gasteiger partial charge in [0.05, 0.1) is 11.1 Å². The van der Waals surface area contributed by atoms with Crippen molar-refractivity contribution in [2.24, 2.45) is 4.99 Å². The average molecular weight is 207 g/mol. The fourth-order valence-corrected chi connectivity index (χ4v) is 2.81. The van der Waals surface area contributed by atoms with Crippen LogP contribution in [-0.2, 0) is 4.74 Å². The summed E-state index contributed by atoms with van der Waals surface area (Å²) in [6.45, 7) is 6.53. The first kappa shape index (κ1) is 10.9. The van der Waals surface area contributed by atoms with E-state index in [0.717, 1.165) is 25.7 Å². The first-order valence-corrected chi connectivity index (χ1v) is 5.80. The highest BCUT2D eigenvalue weighted by Crippen LogP contribution is 2.44. The topological polar surface area (TPSA) is 21.6 Å². The fourth-order valence-electron chi connectivity index (χ4n) is 2.81. The number of ether oxygens (including phenoxy) is 1. The quantitative estimate of drug-likeness (QED) is 0.647. The lowest BCUT2D eigenvalue weighted by Gasteiger charge is -2.41. The molecule has 2 heteroatoms. The molecule has 1 fully saturated rings. The van der Waals surface area contributed by atoms with E-state index in [9.17, 15) is 0 Å². The van der Waals surface area contributed by atoms with Gasteiger partial charge in [-0.25, -0.2) is 0 Å². The van der Waals surface area contributed by atoms with E-state index in [1.165, 1.54) is 11.3 Å². The highest BCUT2D eigenvalue weighted by molar-refractivity contribution is 5.96. The third-order valence-electron chi connectivity index (χ3n) is 4.18. The molecule has 1 aliphatic carbocycles. The predicted octanol–water partition coefficient (Wildman–Crippen LogP) is 3.13. The van der Waals surface area contributed by atoms with Crippen molar-refractivity contribution in [1.82, 2.24) is 0 Å². The summed E-state index contributed by atoms with van der Waals surface area (Å²) in [7, 11) is 1.82. The summed E-state index contributed by atoms with van der Waals surface area (Å²) in [6.07, 6.45) is 6.74. The fraction of sp³-hybridized carbons (Fsp3) is 0.769. The summed E-state index contributed by atoms with van der Waals surface area (Å²) < 4.78 is 5.58. The molecule has 15 heavy (non-hydrogen) atoms. The molecule has 0 N–H and O–H groups in total. The maximum Gasteiger partial charge on any atom is 0.0823 e. The highest BCUT2D eigenvalue weighted by Gasteiger charge is 2.42. The van der Waals surface area contributed by atoms with Gasteiger partial charge in [-0.05, 0) is 58.1 Å². The zero-order valence-electron chi connectivity index (χ0n) is 10.3. The lowest BCUT2D eigenvalue weighted by molar-refractivity contribution is -0.0336. The molecule has 0 radical (unpaired) electrons. The zero-order valence-corrected chi connectivity index (χ0v) is 10.3. The van der Waals surface area contributed by atoms with E-state index in [1.54, 1.807) is 0 Å². The summed E-state index contributed by atoms with van der Waals surface area (Å²) in [5.41, 5.74) is 2.84. The van der Waals surface area contributed by atoms with Crippen LogP contribution in [0.2, 0.25) is 0 Å². The maximum atomic E-state index is 5.58. The second kappa shape index (κ2) is 3.44. The van der Waals surface area contributed by atoms with Crippen LogP contribution in [-0.4, -0.2) is 24.0 Å². The Labute approximate surface area is 92.4 Å². The normalized spacial score (nSPS) is 40.5. The summed E-state index contributed by atoms with van der Waals surface area (Å²) in [6, 6.07) is 0. The SMILES string of the molecule is COC1(C)CCC2(CC1)N=C(C)C=C2C. The van der Waals surface area contributed by atoms with Gasteiger partial charge in [0.2, 0.25) is 0 Å². The first-order valence-electron chi connectivity index (χ1n) is 5.80. The largest absolute Gasteiger partial charge is 0.379 e. The summed E-state index contributed by atoms with van der Waals surface area (Å²) in [5.74, 6) is 0. The molecule has 1 saturated carbocycles. The Balaban J connectivity index is 2.14. The second-order valence-electron chi connectivity index (χ2n) is 5.27. The molecule has 0 amide bonds. The molecule has 0 saturated heterocycles. The molecule has 84 valence electrons. The van der Waals surface area contributed by atoms with Crippen LogP contribution in [0.15, 0.2) is 16.6 Å². The van der Waals surface area contributed by atoms with Gasteiger partial charge in [0.1, 0.15) is 0 Å². The second-order valence-corrected chi connectivity index (χ2v) is 5.27. The minimum absolute atomic E-state index is 0.0809. The molecular formula is C13H21NO. The minimum atomic E-state index is 0.0809. The van der Waals surface area contributed by atoms with Gasteiger partial charge < -0.3 is 4.74 Å². The van der Waals surface area contributed by atoms with Crippen LogP contribution in [0.1, 0.15) is 46.5 Å². The molecule has 0 aromatic carbocycles. The lowest BCUT2D eigenvalue weighted by atomic mass is 9.72. The standard InChI is InChI=1S/C13H21NO/c1-10-9-11(2)14-13(10)7-5-12(3,15-4)6-8-13/h9H,5-8H2,1-4H3. The zero-order chi connectivity index (χ0) is 11.1. The molecule has 0 aromatic heterocycles. The Hall–Kier alpha value is -0.630. The predicted molar refractivity (Wildman–Crippen MR) is 63.5 cm³/mol. The average Bonchev–Trinajstić information content (AvgIpc) is 2.48. The molecule has 2 rings (SSSR count). The number of rotatable bonds is 1. The van der Waals surface area contributed by atoms with Crippen LogP contribution in [0.3, 0.4) is 0 Å². The molecule has 0 unspecified atom stereocenters.